The van der Waals surface area contributed by atoms with E-state index in [4.69, 9.17) is 9.47 Å². The molecule has 240 valence electrons. The first-order chi connectivity index (χ1) is 21.7. The molecular weight excluding hydrogens is 582 g/mol. The van der Waals surface area contributed by atoms with Crippen LogP contribution in [-0.2, 0) is 33.9 Å². The minimum absolute atomic E-state index is 0.0644. The van der Waals surface area contributed by atoms with Crippen molar-refractivity contribution in [3.05, 3.63) is 71.5 Å². The molecule has 0 fully saturated rings. The second-order valence-corrected chi connectivity index (χ2v) is 10.7. The summed E-state index contributed by atoms with van der Waals surface area (Å²) in [7, 11) is 1.49. The number of nitrogens with zero attached hydrogens (tertiary/aromatic N) is 3. The molecule has 5 N–H and O–H groups in total. The number of amides is 4. The maximum Gasteiger partial charge on any atom is 0.252 e. The molecule has 0 saturated heterocycles. The van der Waals surface area contributed by atoms with Crippen LogP contribution < -0.4 is 30.7 Å². The zero-order valence-corrected chi connectivity index (χ0v) is 25.5. The van der Waals surface area contributed by atoms with E-state index in [-0.39, 0.29) is 31.6 Å². The van der Waals surface area contributed by atoms with Crippen LogP contribution in [0.3, 0.4) is 0 Å². The number of hydrogen-bond acceptors (Lipinski definition) is 9. The zero-order valence-electron chi connectivity index (χ0n) is 25.5. The number of aromatic nitrogens is 3. The van der Waals surface area contributed by atoms with Gasteiger partial charge < -0.3 is 35.8 Å². The van der Waals surface area contributed by atoms with Crippen molar-refractivity contribution in [2.75, 3.05) is 13.7 Å². The molecule has 2 heterocycles. The van der Waals surface area contributed by atoms with E-state index in [0.717, 1.165) is 5.56 Å². The largest absolute Gasteiger partial charge is 0.493 e. The highest BCUT2D eigenvalue weighted by Crippen LogP contribution is 2.28. The molecule has 1 aliphatic rings. The summed E-state index contributed by atoms with van der Waals surface area (Å²) in [4.78, 5) is 53.2. The van der Waals surface area contributed by atoms with Gasteiger partial charge in [0.05, 0.1) is 32.6 Å². The molecule has 14 nitrogen and oxygen atoms in total. The number of aryl methyl sites for hydroxylation is 1. The summed E-state index contributed by atoms with van der Waals surface area (Å²) in [6.07, 6.45) is 1.30. The number of ether oxygens (including phenoxy) is 2. The molecule has 45 heavy (non-hydrogen) atoms. The zero-order chi connectivity index (χ0) is 32.3. The van der Waals surface area contributed by atoms with Gasteiger partial charge in [-0.3, -0.25) is 23.9 Å². The number of rotatable bonds is 5. The molecule has 2 aromatic carbocycles. The predicted molar refractivity (Wildman–Crippen MR) is 162 cm³/mol. The third-order valence-electron chi connectivity index (χ3n) is 7.25. The molecule has 0 spiro atoms. The van der Waals surface area contributed by atoms with Crippen LogP contribution in [0, 0.1) is 0 Å². The number of hydrogen-bond donors (Lipinski definition) is 5. The summed E-state index contributed by atoms with van der Waals surface area (Å²) >= 11 is 0. The quantitative estimate of drug-likeness (QED) is 0.270. The molecular formula is C31H39N7O7. The van der Waals surface area contributed by atoms with Crippen molar-refractivity contribution in [3.63, 3.8) is 0 Å². The van der Waals surface area contributed by atoms with Gasteiger partial charge in [-0.2, -0.15) is 0 Å². The van der Waals surface area contributed by atoms with E-state index in [9.17, 15) is 24.3 Å². The molecule has 4 amide bonds. The monoisotopic (exact) mass is 621 g/mol. The maximum atomic E-state index is 13.4. The van der Waals surface area contributed by atoms with Gasteiger partial charge in [0.2, 0.25) is 17.7 Å². The summed E-state index contributed by atoms with van der Waals surface area (Å²) in [5.74, 6) is -1.68. The van der Waals surface area contributed by atoms with Crippen LogP contribution in [-0.4, -0.2) is 81.7 Å². The fourth-order valence-electron chi connectivity index (χ4n) is 4.74. The van der Waals surface area contributed by atoms with Gasteiger partial charge in [0.25, 0.3) is 5.91 Å². The fourth-order valence-corrected chi connectivity index (χ4v) is 4.74. The van der Waals surface area contributed by atoms with Gasteiger partial charge in [-0.1, -0.05) is 42.5 Å². The average molecular weight is 622 g/mol. The lowest BCUT2D eigenvalue weighted by Crippen LogP contribution is -2.60. The van der Waals surface area contributed by atoms with E-state index in [1.165, 1.54) is 20.1 Å². The Bertz CT molecular complexity index is 1480. The van der Waals surface area contributed by atoms with E-state index in [2.05, 4.69) is 31.6 Å². The predicted octanol–water partition coefficient (Wildman–Crippen LogP) is 0.487. The third-order valence-corrected chi connectivity index (χ3v) is 7.25. The Hall–Kier alpha value is -4.98. The average Bonchev–Trinajstić information content (AvgIpc) is 3.50. The van der Waals surface area contributed by atoms with Crippen molar-refractivity contribution in [3.8, 4) is 11.5 Å². The number of methoxy groups -OCH3 is 1. The van der Waals surface area contributed by atoms with Gasteiger partial charge in [0.1, 0.15) is 23.8 Å². The first-order valence-corrected chi connectivity index (χ1v) is 14.8. The smallest absolute Gasteiger partial charge is 0.252 e. The van der Waals surface area contributed by atoms with Gasteiger partial charge in [0.15, 0.2) is 11.5 Å². The Labute approximate surface area is 260 Å². The van der Waals surface area contributed by atoms with Crippen LogP contribution in [0.5, 0.6) is 11.5 Å². The van der Waals surface area contributed by atoms with Crippen molar-refractivity contribution in [2.24, 2.45) is 0 Å². The first-order valence-electron chi connectivity index (χ1n) is 14.8. The molecule has 3 aromatic rings. The summed E-state index contributed by atoms with van der Waals surface area (Å²) in [5, 5.41) is 29.4. The van der Waals surface area contributed by atoms with Crippen molar-refractivity contribution in [1.29, 1.82) is 0 Å². The number of nitrogens with one attached hydrogen (secondary N) is 4. The summed E-state index contributed by atoms with van der Waals surface area (Å²) in [5.41, 5.74) is 1.54. The molecule has 4 bridgehead atoms. The third kappa shape index (κ3) is 9.01. The Morgan fingerprint density at radius 1 is 1.02 bits per heavy atom. The van der Waals surface area contributed by atoms with Crippen molar-refractivity contribution in [2.45, 2.75) is 70.4 Å². The van der Waals surface area contributed by atoms with E-state index >= 15 is 0 Å². The lowest BCUT2D eigenvalue weighted by atomic mass is 10.0. The van der Waals surface area contributed by atoms with Crippen LogP contribution in [0.1, 0.15) is 48.3 Å². The van der Waals surface area contributed by atoms with Crippen LogP contribution in [0.4, 0.5) is 0 Å². The summed E-state index contributed by atoms with van der Waals surface area (Å²) in [6, 6.07) is 10.3. The van der Waals surface area contributed by atoms with Gasteiger partial charge in [-0.05, 0) is 37.1 Å². The van der Waals surface area contributed by atoms with E-state index in [0.29, 0.717) is 30.2 Å². The van der Waals surface area contributed by atoms with Gasteiger partial charge in [0, 0.05) is 24.9 Å². The van der Waals surface area contributed by atoms with E-state index in [1.54, 1.807) is 29.9 Å². The van der Waals surface area contributed by atoms with E-state index in [1.807, 2.05) is 30.3 Å². The first kappa shape index (κ1) is 32.9. The van der Waals surface area contributed by atoms with E-state index < -0.39 is 47.9 Å². The Balaban J connectivity index is 1.61. The van der Waals surface area contributed by atoms with Crippen LogP contribution in [0.25, 0.3) is 0 Å². The lowest BCUT2D eigenvalue weighted by molar-refractivity contribution is -0.134. The Morgan fingerprint density at radius 3 is 2.51 bits per heavy atom. The van der Waals surface area contributed by atoms with Gasteiger partial charge in [-0.15, -0.1) is 5.10 Å². The minimum atomic E-state index is -1.41. The number of benzene rings is 2. The van der Waals surface area contributed by atoms with Crippen LogP contribution in [0.2, 0.25) is 0 Å². The standard InChI is InChI=1S/C31H39N7O7/c1-4-23-30(42)35-27(19(2)39)31(43)34-24(15-20-9-6-5-7-10-20)29(41)32-17-22-18-38(37-36-22)13-8-14-45-26-16-21(28(40)33-23)11-12-25(26)44-3/h5-7,9-12,16,18-19,23-24,27,39H,4,8,13-15,17H2,1-3H3,(H,32,41)(H,33,40)(H,34,43)(H,35,42)/t19-,23+,24-,27+/m1/s1. The van der Waals surface area contributed by atoms with Crippen molar-refractivity contribution < 1.29 is 33.8 Å². The number of aliphatic hydroxyl groups excluding tert-OH is 1. The molecule has 4 rings (SSSR count). The number of fused-ring (bicyclic) bond motifs is 4. The lowest BCUT2D eigenvalue weighted by Gasteiger charge is -2.26. The molecule has 0 radical (unpaired) electrons. The SMILES string of the molecule is CC[C@@H]1NC(=O)c2ccc(OC)c(c2)OCCCn2cc(nn2)CNC(=O)[C@@H](Cc2ccccc2)NC(=O)[C@H]([C@@H](C)O)NC1=O. The molecule has 0 saturated carbocycles. The van der Waals surface area contributed by atoms with Crippen molar-refractivity contribution >= 4 is 23.6 Å². The minimum Gasteiger partial charge on any atom is -0.493 e. The highest BCUT2D eigenvalue weighted by Gasteiger charge is 2.32. The van der Waals surface area contributed by atoms with Crippen LogP contribution in [0.15, 0.2) is 54.7 Å². The van der Waals surface area contributed by atoms with Gasteiger partial charge in [-0.25, -0.2) is 0 Å². The number of carbonyl (C=O) groups is 4. The molecule has 0 aliphatic carbocycles. The molecule has 14 heteroatoms. The van der Waals surface area contributed by atoms with Crippen molar-refractivity contribution in [1.82, 2.24) is 36.3 Å². The highest BCUT2D eigenvalue weighted by molar-refractivity contribution is 5.99. The second-order valence-electron chi connectivity index (χ2n) is 10.7. The number of aliphatic hydroxyl groups is 1. The molecule has 4 atom stereocenters. The summed E-state index contributed by atoms with van der Waals surface area (Å²) in [6.45, 7) is 3.88. The molecule has 1 aromatic heterocycles. The highest BCUT2D eigenvalue weighted by atomic mass is 16.5. The Kier molecular flexibility index (Phi) is 11.5. The maximum absolute atomic E-state index is 13.4. The summed E-state index contributed by atoms with van der Waals surface area (Å²) < 4.78 is 12.9. The fraction of sp³-hybridized carbons (Fsp3) is 0.419. The number of carbonyl (C=O) groups excluding carboxylic acids is 4. The topological polar surface area (TPSA) is 186 Å². The van der Waals surface area contributed by atoms with Gasteiger partial charge >= 0.3 is 0 Å². The molecule has 0 unspecified atom stereocenters. The second kappa shape index (κ2) is 15.7. The van der Waals surface area contributed by atoms with Crippen LogP contribution >= 0.6 is 0 Å². The normalized spacial score (nSPS) is 21.0. The molecule has 1 aliphatic heterocycles. The Morgan fingerprint density at radius 2 is 1.80 bits per heavy atom.